The third-order valence-electron chi connectivity index (χ3n) is 1.41. The first-order valence-electron chi connectivity index (χ1n) is 3.24. The molecule has 0 aliphatic carbocycles. The average molecular weight is 191 g/mol. The van der Waals surface area contributed by atoms with Gasteiger partial charge >= 0.3 is 0 Å². The third-order valence-corrected chi connectivity index (χ3v) is 2.02. The van der Waals surface area contributed by atoms with Crippen LogP contribution < -0.4 is 0 Å². The number of thiol groups is 1. The maximum Gasteiger partial charge on any atom is 0.124 e. The van der Waals surface area contributed by atoms with Gasteiger partial charge < -0.3 is 0 Å². The van der Waals surface area contributed by atoms with E-state index in [0.29, 0.717) is 5.02 Å². The topological polar surface area (TPSA) is 0 Å². The van der Waals surface area contributed by atoms with E-state index >= 15 is 0 Å². The molecule has 0 radical (unpaired) electrons. The van der Waals surface area contributed by atoms with Crippen molar-refractivity contribution in [3.63, 3.8) is 0 Å². The molecule has 1 atom stereocenters. The second kappa shape index (κ2) is 3.46. The van der Waals surface area contributed by atoms with Gasteiger partial charge in [-0.05, 0) is 24.6 Å². The first kappa shape index (κ1) is 8.88. The van der Waals surface area contributed by atoms with Gasteiger partial charge in [0.1, 0.15) is 5.82 Å². The van der Waals surface area contributed by atoms with Gasteiger partial charge in [0.05, 0.1) is 0 Å². The highest BCUT2D eigenvalue weighted by Crippen LogP contribution is 2.27. The standard InChI is InChI=1S/C8H8ClFS/c1-5(11)7-3-2-6(10)4-8(7)9/h2-5,11H,1H3/t5-/m0/s1. The summed E-state index contributed by atoms with van der Waals surface area (Å²) in [6.45, 7) is 1.89. The highest BCUT2D eigenvalue weighted by molar-refractivity contribution is 7.80. The summed E-state index contributed by atoms with van der Waals surface area (Å²) in [5, 5.41) is 0.482. The molecular weight excluding hydrogens is 183 g/mol. The molecule has 0 aliphatic rings. The summed E-state index contributed by atoms with van der Waals surface area (Å²) in [5.74, 6) is -0.312. The van der Waals surface area contributed by atoms with Crippen LogP contribution >= 0.6 is 24.2 Å². The van der Waals surface area contributed by atoms with Gasteiger partial charge in [0.2, 0.25) is 0 Å². The molecule has 1 aromatic carbocycles. The Kier molecular flexibility index (Phi) is 2.79. The molecule has 0 aromatic heterocycles. The van der Waals surface area contributed by atoms with Crippen LogP contribution in [0.4, 0.5) is 4.39 Å². The Bertz CT molecular complexity index is 260. The van der Waals surface area contributed by atoms with E-state index in [0.717, 1.165) is 5.56 Å². The van der Waals surface area contributed by atoms with Crippen molar-refractivity contribution in [2.75, 3.05) is 0 Å². The average Bonchev–Trinajstić information content (AvgIpc) is 1.85. The Morgan fingerprint density at radius 1 is 1.55 bits per heavy atom. The van der Waals surface area contributed by atoms with E-state index in [2.05, 4.69) is 12.6 Å². The summed E-state index contributed by atoms with van der Waals surface area (Å²) in [5.41, 5.74) is 0.858. The van der Waals surface area contributed by atoms with Gasteiger partial charge in [0.25, 0.3) is 0 Å². The SMILES string of the molecule is C[C@H](S)c1ccc(F)cc1Cl. The summed E-state index contributed by atoms with van der Waals surface area (Å²) in [7, 11) is 0. The smallest absolute Gasteiger partial charge is 0.124 e. The third kappa shape index (κ3) is 2.11. The number of hydrogen-bond acceptors (Lipinski definition) is 1. The highest BCUT2D eigenvalue weighted by Gasteiger charge is 2.05. The van der Waals surface area contributed by atoms with E-state index in [4.69, 9.17) is 11.6 Å². The molecule has 3 heteroatoms. The van der Waals surface area contributed by atoms with Crippen LogP contribution in [0.3, 0.4) is 0 Å². The van der Waals surface area contributed by atoms with Crippen LogP contribution in [-0.4, -0.2) is 0 Å². The van der Waals surface area contributed by atoms with Gasteiger partial charge in [-0.2, -0.15) is 12.6 Å². The lowest BCUT2D eigenvalue weighted by Gasteiger charge is -2.05. The van der Waals surface area contributed by atoms with Crippen molar-refractivity contribution in [3.05, 3.63) is 34.6 Å². The fourth-order valence-corrected chi connectivity index (χ4v) is 1.47. The van der Waals surface area contributed by atoms with Gasteiger partial charge in [-0.3, -0.25) is 0 Å². The minimum Gasteiger partial charge on any atom is -0.207 e. The van der Waals surface area contributed by atoms with E-state index in [1.54, 1.807) is 6.07 Å². The van der Waals surface area contributed by atoms with Crippen LogP contribution in [0.1, 0.15) is 17.7 Å². The molecule has 0 saturated heterocycles. The second-order valence-corrected chi connectivity index (χ2v) is 3.52. The maximum atomic E-state index is 12.5. The highest BCUT2D eigenvalue weighted by atomic mass is 35.5. The molecule has 0 spiro atoms. The van der Waals surface area contributed by atoms with Gasteiger partial charge in [-0.15, -0.1) is 0 Å². The van der Waals surface area contributed by atoms with E-state index in [1.165, 1.54) is 12.1 Å². The van der Waals surface area contributed by atoms with E-state index in [-0.39, 0.29) is 11.1 Å². The van der Waals surface area contributed by atoms with Crippen molar-refractivity contribution in [3.8, 4) is 0 Å². The quantitative estimate of drug-likeness (QED) is 0.645. The number of rotatable bonds is 1. The molecule has 60 valence electrons. The summed E-state index contributed by atoms with van der Waals surface area (Å²) >= 11 is 9.92. The number of benzene rings is 1. The molecule has 0 N–H and O–H groups in total. The molecule has 1 aromatic rings. The van der Waals surface area contributed by atoms with Crippen LogP contribution in [0, 0.1) is 5.82 Å². The Morgan fingerprint density at radius 3 is 2.64 bits per heavy atom. The predicted octanol–water partition coefficient (Wildman–Crippen LogP) is 3.47. The molecule has 0 saturated carbocycles. The predicted molar refractivity (Wildman–Crippen MR) is 48.8 cm³/mol. The number of hydrogen-bond donors (Lipinski definition) is 1. The van der Waals surface area contributed by atoms with E-state index in [1.807, 2.05) is 6.92 Å². The second-order valence-electron chi connectivity index (χ2n) is 2.34. The van der Waals surface area contributed by atoms with Gasteiger partial charge in [-0.1, -0.05) is 17.7 Å². The van der Waals surface area contributed by atoms with Crippen molar-refractivity contribution in [1.29, 1.82) is 0 Å². The van der Waals surface area contributed by atoms with Gasteiger partial charge in [-0.25, -0.2) is 4.39 Å². The van der Waals surface area contributed by atoms with Crippen molar-refractivity contribution >= 4 is 24.2 Å². The Balaban J connectivity index is 3.09. The van der Waals surface area contributed by atoms with Crippen LogP contribution in [0.2, 0.25) is 5.02 Å². The van der Waals surface area contributed by atoms with Crippen LogP contribution in [0.15, 0.2) is 18.2 Å². The van der Waals surface area contributed by atoms with E-state index in [9.17, 15) is 4.39 Å². The minimum atomic E-state index is -0.312. The number of halogens is 2. The zero-order valence-electron chi connectivity index (χ0n) is 6.01. The van der Waals surface area contributed by atoms with Crippen LogP contribution in [0.25, 0.3) is 0 Å². The molecule has 0 amide bonds. The van der Waals surface area contributed by atoms with Gasteiger partial charge in [0, 0.05) is 10.3 Å². The minimum absolute atomic E-state index is 0.0445. The Morgan fingerprint density at radius 2 is 2.18 bits per heavy atom. The lowest BCUT2D eigenvalue weighted by molar-refractivity contribution is 0.627. The lowest BCUT2D eigenvalue weighted by Crippen LogP contribution is -1.86. The van der Waals surface area contributed by atoms with Crippen LogP contribution in [0.5, 0.6) is 0 Å². The van der Waals surface area contributed by atoms with E-state index < -0.39 is 0 Å². The molecule has 0 nitrogen and oxygen atoms in total. The molecule has 1 rings (SSSR count). The zero-order chi connectivity index (χ0) is 8.43. The van der Waals surface area contributed by atoms with Gasteiger partial charge in [0.15, 0.2) is 0 Å². The molecule has 0 fully saturated rings. The van der Waals surface area contributed by atoms with Crippen molar-refractivity contribution in [2.45, 2.75) is 12.2 Å². The monoisotopic (exact) mass is 190 g/mol. The summed E-state index contributed by atoms with van der Waals surface area (Å²) in [6.07, 6.45) is 0. The molecular formula is C8H8ClFS. The normalized spacial score (nSPS) is 13.1. The fraction of sp³-hybridized carbons (Fsp3) is 0.250. The molecule has 0 bridgehead atoms. The summed E-state index contributed by atoms with van der Waals surface area (Å²) in [4.78, 5) is 0. The first-order chi connectivity index (χ1) is 5.11. The van der Waals surface area contributed by atoms with Crippen molar-refractivity contribution in [1.82, 2.24) is 0 Å². The van der Waals surface area contributed by atoms with Crippen LogP contribution in [-0.2, 0) is 0 Å². The lowest BCUT2D eigenvalue weighted by atomic mass is 10.2. The zero-order valence-corrected chi connectivity index (χ0v) is 7.66. The Hall–Kier alpha value is -0.210. The Labute approximate surface area is 75.8 Å². The summed E-state index contributed by atoms with van der Waals surface area (Å²) < 4.78 is 12.5. The first-order valence-corrected chi connectivity index (χ1v) is 4.13. The molecule has 0 heterocycles. The molecule has 0 aliphatic heterocycles. The largest absolute Gasteiger partial charge is 0.207 e. The molecule has 11 heavy (non-hydrogen) atoms. The van der Waals surface area contributed by atoms with Crippen molar-refractivity contribution in [2.24, 2.45) is 0 Å². The summed E-state index contributed by atoms with van der Waals surface area (Å²) in [6, 6.07) is 4.33. The van der Waals surface area contributed by atoms with Crippen molar-refractivity contribution < 1.29 is 4.39 Å². The fourth-order valence-electron chi connectivity index (χ4n) is 0.840. The molecule has 0 unspecified atom stereocenters. The maximum absolute atomic E-state index is 12.5.